The fraction of sp³-hybridized carbons (Fsp3) is 1.00. The Labute approximate surface area is 95.3 Å². The van der Waals surface area contributed by atoms with Crippen molar-refractivity contribution in [1.29, 1.82) is 0 Å². The van der Waals surface area contributed by atoms with Crippen molar-refractivity contribution >= 4 is 0 Å². The molecule has 0 aliphatic carbocycles. The fourth-order valence-electron chi connectivity index (χ4n) is 1.74. The summed E-state index contributed by atoms with van der Waals surface area (Å²) in [5.41, 5.74) is 4.82. The van der Waals surface area contributed by atoms with Gasteiger partial charge in [-0.1, -0.05) is 58.3 Å². The van der Waals surface area contributed by atoms with Crippen LogP contribution in [0.5, 0.6) is 0 Å². The zero-order valence-electron chi connectivity index (χ0n) is 10.6. The molecule has 0 aromatic heterocycles. The van der Waals surface area contributed by atoms with Gasteiger partial charge in [0.05, 0.1) is 5.60 Å². The van der Waals surface area contributed by atoms with Gasteiger partial charge >= 0.3 is 0 Å². The molecule has 0 rings (SSSR count). The zero-order chi connectivity index (χ0) is 11.6. The molecule has 0 saturated carbocycles. The van der Waals surface area contributed by atoms with Crippen LogP contribution in [0.15, 0.2) is 0 Å². The molecular weight excluding hydrogens is 186 g/mol. The van der Waals surface area contributed by atoms with Crippen LogP contribution in [0.3, 0.4) is 0 Å². The Hall–Kier alpha value is -0.0800. The first kappa shape index (κ1) is 14.9. The van der Waals surface area contributed by atoms with Gasteiger partial charge < -0.3 is 10.8 Å². The summed E-state index contributed by atoms with van der Waals surface area (Å²) in [5, 5.41) is 9.67. The summed E-state index contributed by atoms with van der Waals surface area (Å²) >= 11 is 0. The minimum absolute atomic E-state index is 0.378. The summed E-state index contributed by atoms with van der Waals surface area (Å²) in [6.07, 6.45) is 11.3. The molecule has 0 aliphatic rings. The van der Waals surface area contributed by atoms with Crippen molar-refractivity contribution in [1.82, 2.24) is 0 Å². The Morgan fingerprint density at radius 3 is 1.87 bits per heavy atom. The molecular formula is C13H29NO. The van der Waals surface area contributed by atoms with E-state index < -0.39 is 5.60 Å². The van der Waals surface area contributed by atoms with Gasteiger partial charge in [-0.3, -0.25) is 0 Å². The summed E-state index contributed by atoms with van der Waals surface area (Å²) in [5.74, 6) is 0. The van der Waals surface area contributed by atoms with E-state index in [9.17, 15) is 5.11 Å². The Morgan fingerprint density at radius 2 is 1.40 bits per heavy atom. The lowest BCUT2D eigenvalue weighted by molar-refractivity contribution is 0.0571. The lowest BCUT2D eigenvalue weighted by atomic mass is 9.98. The molecule has 0 spiro atoms. The van der Waals surface area contributed by atoms with Gasteiger partial charge in [0.15, 0.2) is 0 Å². The van der Waals surface area contributed by atoms with Crippen molar-refractivity contribution in [2.24, 2.45) is 5.73 Å². The van der Waals surface area contributed by atoms with Gasteiger partial charge in [0, 0.05) is 6.54 Å². The van der Waals surface area contributed by atoms with Crippen molar-refractivity contribution < 1.29 is 5.11 Å². The third-order valence-electron chi connectivity index (χ3n) is 3.01. The van der Waals surface area contributed by atoms with Crippen LogP contribution in [0.2, 0.25) is 0 Å². The lowest BCUT2D eigenvalue weighted by Gasteiger charge is -2.20. The van der Waals surface area contributed by atoms with Crippen LogP contribution in [0, 0.1) is 0 Å². The van der Waals surface area contributed by atoms with E-state index >= 15 is 0 Å². The van der Waals surface area contributed by atoms with E-state index in [4.69, 9.17) is 5.73 Å². The SMILES string of the molecule is CCCCCCCCCCC(C)(O)CN. The lowest BCUT2D eigenvalue weighted by Crippen LogP contribution is -2.33. The second kappa shape index (κ2) is 9.17. The van der Waals surface area contributed by atoms with E-state index in [1.54, 1.807) is 0 Å². The molecule has 2 heteroatoms. The predicted octanol–water partition coefficient (Wildman–Crippen LogP) is 3.23. The van der Waals surface area contributed by atoms with Crippen molar-refractivity contribution in [3.8, 4) is 0 Å². The summed E-state index contributed by atoms with van der Waals surface area (Å²) in [7, 11) is 0. The van der Waals surface area contributed by atoms with E-state index in [0.29, 0.717) is 6.54 Å². The number of unbranched alkanes of at least 4 members (excludes halogenated alkanes) is 7. The summed E-state index contributed by atoms with van der Waals surface area (Å²) in [4.78, 5) is 0. The van der Waals surface area contributed by atoms with E-state index in [0.717, 1.165) is 12.8 Å². The first-order valence-electron chi connectivity index (χ1n) is 6.55. The molecule has 2 nitrogen and oxygen atoms in total. The quantitative estimate of drug-likeness (QED) is 0.550. The summed E-state index contributed by atoms with van der Waals surface area (Å²) in [6, 6.07) is 0. The van der Waals surface area contributed by atoms with Gasteiger partial charge in [-0.05, 0) is 13.3 Å². The first-order chi connectivity index (χ1) is 7.12. The van der Waals surface area contributed by atoms with Crippen molar-refractivity contribution in [2.75, 3.05) is 6.54 Å². The van der Waals surface area contributed by atoms with Gasteiger partial charge in [-0.15, -0.1) is 0 Å². The molecule has 1 unspecified atom stereocenters. The average Bonchev–Trinajstić information content (AvgIpc) is 2.22. The second-order valence-corrected chi connectivity index (χ2v) is 4.93. The molecule has 0 heterocycles. The van der Waals surface area contributed by atoms with E-state index in [-0.39, 0.29) is 0 Å². The zero-order valence-corrected chi connectivity index (χ0v) is 10.6. The maximum atomic E-state index is 9.67. The molecule has 0 aromatic carbocycles. The minimum atomic E-state index is -0.637. The van der Waals surface area contributed by atoms with Gasteiger partial charge in [0.25, 0.3) is 0 Å². The van der Waals surface area contributed by atoms with Crippen LogP contribution in [0.1, 0.15) is 71.6 Å². The van der Waals surface area contributed by atoms with Gasteiger partial charge in [-0.25, -0.2) is 0 Å². The summed E-state index contributed by atoms with van der Waals surface area (Å²) in [6.45, 7) is 4.45. The normalized spacial score (nSPS) is 15.2. The largest absolute Gasteiger partial charge is 0.389 e. The predicted molar refractivity (Wildman–Crippen MR) is 66.9 cm³/mol. The standard InChI is InChI=1S/C13H29NO/c1-3-4-5-6-7-8-9-10-11-13(2,15)12-14/h15H,3-12,14H2,1-2H3. The highest BCUT2D eigenvalue weighted by Gasteiger charge is 2.16. The van der Waals surface area contributed by atoms with Gasteiger partial charge in [-0.2, -0.15) is 0 Å². The average molecular weight is 215 g/mol. The molecule has 0 aromatic rings. The Balaban J connectivity index is 3.11. The molecule has 3 N–H and O–H groups in total. The third-order valence-corrected chi connectivity index (χ3v) is 3.01. The van der Waals surface area contributed by atoms with Crippen LogP contribution in [-0.4, -0.2) is 17.3 Å². The molecule has 92 valence electrons. The highest BCUT2D eigenvalue weighted by molar-refractivity contribution is 4.72. The second-order valence-electron chi connectivity index (χ2n) is 4.93. The number of aliphatic hydroxyl groups is 1. The Kier molecular flexibility index (Phi) is 9.12. The van der Waals surface area contributed by atoms with Gasteiger partial charge in [0.2, 0.25) is 0 Å². The number of hydrogen-bond donors (Lipinski definition) is 2. The highest BCUT2D eigenvalue weighted by atomic mass is 16.3. The van der Waals surface area contributed by atoms with Crippen LogP contribution in [0.25, 0.3) is 0 Å². The number of nitrogens with two attached hydrogens (primary N) is 1. The molecule has 0 saturated heterocycles. The summed E-state index contributed by atoms with van der Waals surface area (Å²) < 4.78 is 0. The Morgan fingerprint density at radius 1 is 0.933 bits per heavy atom. The fourth-order valence-corrected chi connectivity index (χ4v) is 1.74. The topological polar surface area (TPSA) is 46.2 Å². The van der Waals surface area contributed by atoms with Crippen molar-refractivity contribution in [2.45, 2.75) is 77.2 Å². The van der Waals surface area contributed by atoms with E-state index in [2.05, 4.69) is 6.92 Å². The molecule has 0 aliphatic heterocycles. The maximum absolute atomic E-state index is 9.67. The molecule has 0 fully saturated rings. The molecule has 0 bridgehead atoms. The highest BCUT2D eigenvalue weighted by Crippen LogP contribution is 2.15. The van der Waals surface area contributed by atoms with Crippen LogP contribution in [0.4, 0.5) is 0 Å². The monoisotopic (exact) mass is 215 g/mol. The van der Waals surface area contributed by atoms with E-state index in [1.807, 2.05) is 6.92 Å². The van der Waals surface area contributed by atoms with E-state index in [1.165, 1.54) is 44.9 Å². The minimum Gasteiger partial charge on any atom is -0.389 e. The van der Waals surface area contributed by atoms with Crippen LogP contribution in [-0.2, 0) is 0 Å². The smallest absolute Gasteiger partial charge is 0.0741 e. The molecule has 15 heavy (non-hydrogen) atoms. The first-order valence-corrected chi connectivity index (χ1v) is 6.55. The molecule has 1 atom stereocenters. The maximum Gasteiger partial charge on any atom is 0.0741 e. The van der Waals surface area contributed by atoms with Crippen molar-refractivity contribution in [3.05, 3.63) is 0 Å². The number of rotatable bonds is 10. The molecule has 0 amide bonds. The van der Waals surface area contributed by atoms with Crippen molar-refractivity contribution in [3.63, 3.8) is 0 Å². The molecule has 0 radical (unpaired) electrons. The number of hydrogen-bond acceptors (Lipinski definition) is 2. The van der Waals surface area contributed by atoms with Crippen LogP contribution < -0.4 is 5.73 Å². The van der Waals surface area contributed by atoms with Gasteiger partial charge in [0.1, 0.15) is 0 Å². The van der Waals surface area contributed by atoms with Crippen LogP contribution >= 0.6 is 0 Å². The third kappa shape index (κ3) is 10.2. The Bertz CT molecular complexity index is 134.